The van der Waals surface area contributed by atoms with Gasteiger partial charge in [-0.15, -0.1) is 0 Å². The number of hydrogen-bond donors (Lipinski definition) is 1. The van der Waals surface area contributed by atoms with Gasteiger partial charge in [-0.1, -0.05) is 30.7 Å². The first-order chi connectivity index (χ1) is 6.59. The maximum atomic E-state index is 10.6. The molecule has 0 heterocycles. The van der Waals surface area contributed by atoms with Gasteiger partial charge < -0.3 is 5.11 Å². The van der Waals surface area contributed by atoms with Crippen molar-refractivity contribution >= 4 is 17.6 Å². The molecule has 0 aliphatic rings. The van der Waals surface area contributed by atoms with Crippen LogP contribution >= 0.6 is 11.6 Å². The Labute approximate surface area is 88.5 Å². The number of aryl methyl sites for hydroxylation is 1. The number of carboxylic acids is 1. The fraction of sp³-hybridized carbons (Fsp3) is 0.364. The van der Waals surface area contributed by atoms with Crippen LogP contribution < -0.4 is 0 Å². The van der Waals surface area contributed by atoms with Gasteiger partial charge in [0, 0.05) is 5.02 Å². The van der Waals surface area contributed by atoms with Gasteiger partial charge in [0.2, 0.25) is 0 Å². The third-order valence-corrected chi connectivity index (χ3v) is 2.45. The Balaban J connectivity index is 2.46. The molecule has 0 saturated heterocycles. The van der Waals surface area contributed by atoms with Crippen LogP contribution in [0.15, 0.2) is 24.3 Å². The van der Waals surface area contributed by atoms with Crippen LogP contribution in [0.5, 0.6) is 0 Å². The lowest BCUT2D eigenvalue weighted by Gasteiger charge is -2.05. The van der Waals surface area contributed by atoms with E-state index in [1.807, 2.05) is 24.3 Å². The minimum Gasteiger partial charge on any atom is -0.481 e. The van der Waals surface area contributed by atoms with Gasteiger partial charge in [-0.3, -0.25) is 4.79 Å². The number of carbonyl (C=O) groups is 1. The summed E-state index contributed by atoms with van der Waals surface area (Å²) in [5.41, 5.74) is 1.13. The summed E-state index contributed by atoms with van der Waals surface area (Å²) in [5, 5.41) is 9.39. The minimum atomic E-state index is -0.737. The van der Waals surface area contributed by atoms with E-state index in [0.717, 1.165) is 12.0 Å². The molecule has 0 bridgehead atoms. The Kier molecular flexibility index (Phi) is 3.96. The smallest absolute Gasteiger partial charge is 0.306 e. The van der Waals surface area contributed by atoms with Crippen LogP contribution in [0, 0.1) is 5.92 Å². The molecule has 1 atom stereocenters. The molecule has 14 heavy (non-hydrogen) atoms. The second kappa shape index (κ2) is 5.01. The maximum Gasteiger partial charge on any atom is 0.306 e. The fourth-order valence-electron chi connectivity index (χ4n) is 1.16. The molecule has 0 saturated carbocycles. The molecule has 76 valence electrons. The van der Waals surface area contributed by atoms with Gasteiger partial charge in [-0.25, -0.2) is 0 Å². The van der Waals surface area contributed by atoms with Gasteiger partial charge >= 0.3 is 5.97 Å². The molecule has 3 heteroatoms. The van der Waals surface area contributed by atoms with Crippen LogP contribution in [0.2, 0.25) is 5.02 Å². The summed E-state index contributed by atoms with van der Waals surface area (Å²) in [6.45, 7) is 1.72. The maximum absolute atomic E-state index is 10.6. The molecule has 0 aliphatic heterocycles. The zero-order chi connectivity index (χ0) is 10.6. The third-order valence-electron chi connectivity index (χ3n) is 2.20. The molecule has 2 nitrogen and oxygen atoms in total. The lowest BCUT2D eigenvalue weighted by atomic mass is 10.0. The van der Waals surface area contributed by atoms with Crippen molar-refractivity contribution in [1.29, 1.82) is 0 Å². The standard InChI is InChI=1S/C11H13ClO2/c1-8(11(13)14)2-3-9-4-6-10(12)7-5-9/h4-8H,2-3H2,1H3,(H,13,14)/t8-/m0/s1. The topological polar surface area (TPSA) is 37.3 Å². The normalized spacial score (nSPS) is 12.4. The number of benzene rings is 1. The quantitative estimate of drug-likeness (QED) is 0.833. The lowest BCUT2D eigenvalue weighted by Crippen LogP contribution is -2.10. The van der Waals surface area contributed by atoms with Crippen LogP contribution in [0.1, 0.15) is 18.9 Å². The van der Waals surface area contributed by atoms with Crippen molar-refractivity contribution in [3.63, 3.8) is 0 Å². The van der Waals surface area contributed by atoms with E-state index in [9.17, 15) is 4.79 Å². The van der Waals surface area contributed by atoms with Crippen LogP contribution in [0.25, 0.3) is 0 Å². The average Bonchev–Trinajstić information content (AvgIpc) is 2.16. The zero-order valence-corrected chi connectivity index (χ0v) is 8.79. The van der Waals surface area contributed by atoms with E-state index in [2.05, 4.69) is 0 Å². The summed E-state index contributed by atoms with van der Waals surface area (Å²) < 4.78 is 0. The monoisotopic (exact) mass is 212 g/mol. The van der Waals surface area contributed by atoms with Gasteiger partial charge in [0.1, 0.15) is 0 Å². The Morgan fingerprint density at radius 2 is 2.00 bits per heavy atom. The van der Waals surface area contributed by atoms with Crippen LogP contribution in [-0.2, 0) is 11.2 Å². The highest BCUT2D eigenvalue weighted by molar-refractivity contribution is 6.30. The van der Waals surface area contributed by atoms with Gasteiger partial charge in [0.15, 0.2) is 0 Å². The Hall–Kier alpha value is -1.02. The predicted octanol–water partition coefficient (Wildman–Crippen LogP) is 2.99. The summed E-state index contributed by atoms with van der Waals surface area (Å²) >= 11 is 5.73. The molecule has 0 unspecified atom stereocenters. The van der Waals surface area contributed by atoms with E-state index in [-0.39, 0.29) is 5.92 Å². The Morgan fingerprint density at radius 1 is 1.43 bits per heavy atom. The first-order valence-electron chi connectivity index (χ1n) is 4.57. The predicted molar refractivity (Wildman–Crippen MR) is 56.6 cm³/mol. The highest BCUT2D eigenvalue weighted by Gasteiger charge is 2.09. The first-order valence-corrected chi connectivity index (χ1v) is 4.94. The van der Waals surface area contributed by atoms with E-state index in [0.29, 0.717) is 11.4 Å². The van der Waals surface area contributed by atoms with E-state index in [1.165, 1.54) is 0 Å². The SMILES string of the molecule is C[C@@H](CCc1ccc(Cl)cc1)C(=O)O. The molecule has 0 radical (unpaired) electrons. The molecular weight excluding hydrogens is 200 g/mol. The summed E-state index contributed by atoms with van der Waals surface area (Å²) in [7, 11) is 0. The molecule has 1 aromatic rings. The second-order valence-electron chi connectivity index (χ2n) is 3.40. The van der Waals surface area contributed by atoms with Crippen molar-refractivity contribution in [3.05, 3.63) is 34.9 Å². The third kappa shape index (κ3) is 3.38. The van der Waals surface area contributed by atoms with Gasteiger partial charge in [0.25, 0.3) is 0 Å². The van der Waals surface area contributed by atoms with Crippen molar-refractivity contribution in [2.24, 2.45) is 5.92 Å². The van der Waals surface area contributed by atoms with Gasteiger partial charge in [-0.05, 0) is 30.5 Å². The van der Waals surface area contributed by atoms with Crippen LogP contribution in [0.3, 0.4) is 0 Å². The zero-order valence-electron chi connectivity index (χ0n) is 8.03. The van der Waals surface area contributed by atoms with E-state index >= 15 is 0 Å². The van der Waals surface area contributed by atoms with Crippen molar-refractivity contribution in [3.8, 4) is 0 Å². The number of halogens is 1. The molecule has 0 amide bonds. The lowest BCUT2D eigenvalue weighted by molar-refractivity contribution is -0.141. The number of carboxylic acid groups (broad SMARTS) is 1. The molecular formula is C11H13ClO2. The number of rotatable bonds is 4. The summed E-state index contributed by atoms with van der Waals surface area (Å²) in [6.07, 6.45) is 1.45. The molecule has 1 N–H and O–H groups in total. The molecule has 1 aromatic carbocycles. The molecule has 0 fully saturated rings. The van der Waals surface area contributed by atoms with Crippen molar-refractivity contribution in [2.45, 2.75) is 19.8 Å². The summed E-state index contributed by atoms with van der Waals surface area (Å²) in [6, 6.07) is 7.50. The summed E-state index contributed by atoms with van der Waals surface area (Å²) in [5.74, 6) is -1.02. The van der Waals surface area contributed by atoms with Crippen molar-refractivity contribution in [1.82, 2.24) is 0 Å². The average molecular weight is 213 g/mol. The molecule has 1 rings (SSSR count). The second-order valence-corrected chi connectivity index (χ2v) is 3.84. The Morgan fingerprint density at radius 3 is 2.50 bits per heavy atom. The number of hydrogen-bond acceptors (Lipinski definition) is 1. The first kappa shape index (κ1) is 11.1. The molecule has 0 aromatic heterocycles. The Bertz CT molecular complexity index is 306. The fourth-order valence-corrected chi connectivity index (χ4v) is 1.28. The van der Waals surface area contributed by atoms with E-state index < -0.39 is 5.97 Å². The van der Waals surface area contributed by atoms with Crippen molar-refractivity contribution < 1.29 is 9.90 Å². The van der Waals surface area contributed by atoms with E-state index in [1.54, 1.807) is 6.92 Å². The van der Waals surface area contributed by atoms with Crippen molar-refractivity contribution in [2.75, 3.05) is 0 Å². The molecule has 0 spiro atoms. The minimum absolute atomic E-state index is 0.286. The molecule has 0 aliphatic carbocycles. The van der Waals surface area contributed by atoms with Gasteiger partial charge in [0.05, 0.1) is 5.92 Å². The van der Waals surface area contributed by atoms with Gasteiger partial charge in [-0.2, -0.15) is 0 Å². The number of aliphatic carboxylic acids is 1. The van der Waals surface area contributed by atoms with Crippen LogP contribution in [-0.4, -0.2) is 11.1 Å². The van der Waals surface area contributed by atoms with Crippen LogP contribution in [0.4, 0.5) is 0 Å². The largest absolute Gasteiger partial charge is 0.481 e. The summed E-state index contributed by atoms with van der Waals surface area (Å²) in [4.78, 5) is 10.6. The highest BCUT2D eigenvalue weighted by Crippen LogP contribution is 2.13. The van der Waals surface area contributed by atoms with E-state index in [4.69, 9.17) is 16.7 Å². The highest BCUT2D eigenvalue weighted by atomic mass is 35.5.